The number of β-amino-alcohol motifs (C(OH)–C–C–N with tert-alkyl or cyclic N) is 1. The molecule has 4 heteroatoms. The van der Waals surface area contributed by atoms with Gasteiger partial charge in [0.15, 0.2) is 0 Å². The summed E-state index contributed by atoms with van der Waals surface area (Å²) in [7, 11) is 0. The lowest BCUT2D eigenvalue weighted by Gasteiger charge is -2.19. The van der Waals surface area contributed by atoms with Gasteiger partial charge in [0.2, 0.25) is 5.91 Å². The fraction of sp³-hybridized carbons (Fsp3) is 0.417. The van der Waals surface area contributed by atoms with Crippen LogP contribution in [0, 0.1) is 0 Å². The van der Waals surface area contributed by atoms with Gasteiger partial charge in [-0.25, -0.2) is 0 Å². The van der Waals surface area contributed by atoms with Crippen molar-refractivity contribution >= 4 is 23.2 Å². The molecule has 0 atom stereocenters. The molecule has 1 heterocycles. The molecule has 1 aliphatic heterocycles. The van der Waals surface area contributed by atoms with E-state index in [0.717, 1.165) is 11.3 Å². The minimum atomic E-state index is -0.560. The zero-order valence-corrected chi connectivity index (χ0v) is 10.1. The lowest BCUT2D eigenvalue weighted by Crippen LogP contribution is -2.37. The summed E-state index contributed by atoms with van der Waals surface area (Å²) in [6, 6.07) is 5.42. The second-order valence-corrected chi connectivity index (χ2v) is 4.90. The molecule has 3 nitrogen and oxygen atoms in total. The van der Waals surface area contributed by atoms with Gasteiger partial charge in [0, 0.05) is 17.3 Å². The molecule has 1 aromatic carbocycles. The summed E-state index contributed by atoms with van der Waals surface area (Å²) in [5, 5.41) is 9.60. The second kappa shape index (κ2) is 3.75. The zero-order valence-electron chi connectivity index (χ0n) is 9.33. The fourth-order valence-electron chi connectivity index (χ4n) is 2.13. The van der Waals surface area contributed by atoms with Gasteiger partial charge in [0.05, 0.1) is 12.0 Å². The molecule has 1 amide bonds. The Morgan fingerprint density at radius 3 is 2.75 bits per heavy atom. The molecule has 0 unspecified atom stereocenters. The highest BCUT2D eigenvalue weighted by atomic mass is 35.5. The van der Waals surface area contributed by atoms with E-state index in [-0.39, 0.29) is 12.5 Å². The topological polar surface area (TPSA) is 40.5 Å². The van der Waals surface area contributed by atoms with E-state index in [4.69, 9.17) is 16.7 Å². The Bertz CT molecular complexity index is 443. The van der Waals surface area contributed by atoms with E-state index in [2.05, 4.69) is 0 Å². The summed E-state index contributed by atoms with van der Waals surface area (Å²) in [4.78, 5) is 13.8. The predicted octanol–water partition coefficient (Wildman–Crippen LogP) is 1.96. The highest BCUT2D eigenvalue weighted by Crippen LogP contribution is 2.42. The molecule has 0 spiro atoms. The molecule has 1 aliphatic rings. The van der Waals surface area contributed by atoms with Gasteiger partial charge in [0.25, 0.3) is 0 Å². The lowest BCUT2D eigenvalue weighted by molar-refractivity contribution is -0.122. The molecule has 0 aliphatic carbocycles. The molecular weight excluding hydrogens is 226 g/mol. The average Bonchev–Trinajstić information content (AvgIpc) is 2.41. The third kappa shape index (κ3) is 1.51. The first-order valence-electron chi connectivity index (χ1n) is 5.21. The van der Waals surface area contributed by atoms with Gasteiger partial charge in [-0.2, -0.15) is 0 Å². The average molecular weight is 240 g/mol. The van der Waals surface area contributed by atoms with Crippen molar-refractivity contribution in [3.05, 3.63) is 28.8 Å². The van der Waals surface area contributed by atoms with Gasteiger partial charge in [-0.05, 0) is 37.6 Å². The van der Waals surface area contributed by atoms with Crippen molar-refractivity contribution in [2.24, 2.45) is 0 Å². The van der Waals surface area contributed by atoms with Crippen LogP contribution in [-0.2, 0) is 10.2 Å². The van der Waals surface area contributed by atoms with Gasteiger partial charge < -0.3 is 10.0 Å². The van der Waals surface area contributed by atoms with Crippen molar-refractivity contribution in [1.82, 2.24) is 0 Å². The standard InChI is InChI=1S/C12H14ClNO2/c1-12(2)9-7-8(13)3-4-10(9)14(5-6-15)11(12)16/h3-4,7,15H,5-6H2,1-2H3. The van der Waals surface area contributed by atoms with E-state index in [1.807, 2.05) is 26.0 Å². The van der Waals surface area contributed by atoms with Crippen LogP contribution < -0.4 is 4.90 Å². The van der Waals surface area contributed by atoms with Crippen molar-refractivity contribution in [2.75, 3.05) is 18.1 Å². The normalized spacial score (nSPS) is 17.8. The van der Waals surface area contributed by atoms with Crippen LogP contribution in [0.2, 0.25) is 5.02 Å². The van der Waals surface area contributed by atoms with E-state index in [0.29, 0.717) is 11.6 Å². The number of hydrogen-bond donors (Lipinski definition) is 1. The molecule has 0 bridgehead atoms. The number of halogens is 1. The zero-order chi connectivity index (χ0) is 11.9. The molecule has 0 fully saturated rings. The Labute approximate surface area is 99.6 Å². The number of benzene rings is 1. The third-order valence-electron chi connectivity index (χ3n) is 3.03. The summed E-state index contributed by atoms with van der Waals surface area (Å²) in [6.07, 6.45) is 0. The van der Waals surface area contributed by atoms with E-state index in [1.54, 1.807) is 11.0 Å². The Hall–Kier alpha value is -1.06. The highest BCUT2D eigenvalue weighted by molar-refractivity contribution is 6.31. The first-order chi connectivity index (χ1) is 7.48. The highest BCUT2D eigenvalue weighted by Gasteiger charge is 2.43. The van der Waals surface area contributed by atoms with Crippen LogP contribution in [0.4, 0.5) is 5.69 Å². The van der Waals surface area contributed by atoms with Crippen LogP contribution >= 0.6 is 11.6 Å². The largest absolute Gasteiger partial charge is 0.395 e. The van der Waals surface area contributed by atoms with Gasteiger partial charge in [-0.15, -0.1) is 0 Å². The number of amides is 1. The molecule has 2 rings (SSSR count). The number of carbonyl (C=O) groups excluding carboxylic acids is 1. The number of hydrogen-bond acceptors (Lipinski definition) is 2. The Morgan fingerprint density at radius 1 is 1.44 bits per heavy atom. The van der Waals surface area contributed by atoms with E-state index in [9.17, 15) is 4.79 Å². The number of nitrogens with zero attached hydrogens (tertiary/aromatic N) is 1. The minimum Gasteiger partial charge on any atom is -0.395 e. The molecule has 0 saturated heterocycles. The summed E-state index contributed by atoms with van der Waals surface area (Å²) < 4.78 is 0. The van der Waals surface area contributed by atoms with Crippen LogP contribution in [0.1, 0.15) is 19.4 Å². The summed E-state index contributed by atoms with van der Waals surface area (Å²) >= 11 is 5.94. The molecule has 0 aromatic heterocycles. The third-order valence-corrected chi connectivity index (χ3v) is 3.26. The number of rotatable bonds is 2. The molecule has 16 heavy (non-hydrogen) atoms. The number of aliphatic hydroxyl groups excluding tert-OH is 1. The van der Waals surface area contributed by atoms with Crippen molar-refractivity contribution < 1.29 is 9.90 Å². The molecular formula is C12H14ClNO2. The van der Waals surface area contributed by atoms with E-state index in [1.165, 1.54) is 0 Å². The molecule has 1 aromatic rings. The van der Waals surface area contributed by atoms with Crippen molar-refractivity contribution in [3.63, 3.8) is 0 Å². The Balaban J connectivity index is 2.55. The van der Waals surface area contributed by atoms with Crippen LogP contribution in [0.15, 0.2) is 18.2 Å². The van der Waals surface area contributed by atoms with Crippen molar-refractivity contribution in [2.45, 2.75) is 19.3 Å². The van der Waals surface area contributed by atoms with E-state index >= 15 is 0 Å². The maximum absolute atomic E-state index is 12.2. The number of aliphatic hydroxyl groups is 1. The van der Waals surface area contributed by atoms with Crippen molar-refractivity contribution in [3.8, 4) is 0 Å². The smallest absolute Gasteiger partial charge is 0.237 e. The van der Waals surface area contributed by atoms with Gasteiger partial charge >= 0.3 is 0 Å². The molecule has 0 saturated carbocycles. The monoisotopic (exact) mass is 239 g/mol. The van der Waals surface area contributed by atoms with Gasteiger partial charge in [-0.1, -0.05) is 11.6 Å². The van der Waals surface area contributed by atoms with Crippen molar-refractivity contribution in [1.29, 1.82) is 0 Å². The van der Waals surface area contributed by atoms with Crippen LogP contribution in [0.25, 0.3) is 0 Å². The first-order valence-corrected chi connectivity index (χ1v) is 5.59. The molecule has 0 radical (unpaired) electrons. The number of fused-ring (bicyclic) bond motifs is 1. The molecule has 86 valence electrons. The van der Waals surface area contributed by atoms with Crippen LogP contribution in [-0.4, -0.2) is 24.2 Å². The maximum atomic E-state index is 12.2. The predicted molar refractivity (Wildman–Crippen MR) is 63.9 cm³/mol. The number of carbonyl (C=O) groups is 1. The van der Waals surface area contributed by atoms with Crippen LogP contribution in [0.5, 0.6) is 0 Å². The lowest BCUT2D eigenvalue weighted by atomic mass is 9.86. The minimum absolute atomic E-state index is 0.0128. The second-order valence-electron chi connectivity index (χ2n) is 4.47. The number of anilines is 1. The van der Waals surface area contributed by atoms with Gasteiger partial charge in [0.1, 0.15) is 0 Å². The maximum Gasteiger partial charge on any atom is 0.237 e. The summed E-state index contributed by atoms with van der Waals surface area (Å²) in [5.74, 6) is 0.0128. The first kappa shape index (κ1) is 11.4. The Kier molecular flexibility index (Phi) is 2.68. The molecule has 1 N–H and O–H groups in total. The van der Waals surface area contributed by atoms with Gasteiger partial charge in [-0.3, -0.25) is 4.79 Å². The van der Waals surface area contributed by atoms with E-state index < -0.39 is 5.41 Å². The quantitative estimate of drug-likeness (QED) is 0.857. The Morgan fingerprint density at radius 2 is 2.12 bits per heavy atom. The SMILES string of the molecule is CC1(C)C(=O)N(CCO)c2ccc(Cl)cc21. The summed E-state index contributed by atoms with van der Waals surface area (Å²) in [6.45, 7) is 4.05. The summed E-state index contributed by atoms with van der Waals surface area (Å²) in [5.41, 5.74) is 1.22. The van der Waals surface area contributed by atoms with Crippen LogP contribution in [0.3, 0.4) is 0 Å². The fourth-order valence-corrected chi connectivity index (χ4v) is 2.30.